The van der Waals surface area contributed by atoms with Crippen molar-refractivity contribution in [2.24, 2.45) is 5.73 Å². The number of aryl methyl sites for hydroxylation is 1. The minimum Gasteiger partial charge on any atom is -0.490 e. The van der Waals surface area contributed by atoms with Crippen molar-refractivity contribution in [2.75, 3.05) is 0 Å². The van der Waals surface area contributed by atoms with Gasteiger partial charge in [-0.1, -0.05) is 18.2 Å². The number of nitrogens with two attached hydrogens (primary N) is 1. The molecule has 4 heteroatoms. The largest absolute Gasteiger partial charge is 0.490 e. The average molecular weight is 274 g/mol. The fourth-order valence-corrected chi connectivity index (χ4v) is 3.01. The normalized spacial score (nSPS) is 29.4. The van der Waals surface area contributed by atoms with Crippen LogP contribution in [0, 0.1) is 6.92 Å². The van der Waals surface area contributed by atoms with Crippen molar-refractivity contribution < 1.29 is 9.53 Å². The standard InChI is InChI=1S/C16H22N2O2/c1-11-4-2-3-5-14(11)20-13-8-9-16(10-13,15(17)19)18-12-6-7-12/h2-5,12-13,18H,6-10H2,1H3,(H2,17,19). The third-order valence-corrected chi connectivity index (χ3v) is 4.39. The highest BCUT2D eigenvalue weighted by Crippen LogP contribution is 2.36. The smallest absolute Gasteiger partial charge is 0.237 e. The van der Waals surface area contributed by atoms with Gasteiger partial charge in [-0.3, -0.25) is 4.79 Å². The highest BCUT2D eigenvalue weighted by molar-refractivity contribution is 5.85. The molecule has 2 aliphatic carbocycles. The number of nitrogens with one attached hydrogen (secondary N) is 1. The van der Waals surface area contributed by atoms with E-state index in [9.17, 15) is 4.79 Å². The summed E-state index contributed by atoms with van der Waals surface area (Å²) in [4.78, 5) is 11.9. The molecular formula is C16H22N2O2. The van der Waals surface area contributed by atoms with E-state index in [1.54, 1.807) is 0 Å². The molecule has 2 fully saturated rings. The first-order chi connectivity index (χ1) is 9.59. The van der Waals surface area contributed by atoms with E-state index in [1.807, 2.05) is 31.2 Å². The molecule has 3 rings (SSSR count). The van der Waals surface area contributed by atoms with Gasteiger partial charge in [0.25, 0.3) is 0 Å². The molecule has 3 N–H and O–H groups in total. The monoisotopic (exact) mass is 274 g/mol. The van der Waals surface area contributed by atoms with E-state index in [2.05, 4.69) is 5.32 Å². The molecule has 2 saturated carbocycles. The second kappa shape index (κ2) is 5.09. The summed E-state index contributed by atoms with van der Waals surface area (Å²) < 4.78 is 6.07. The molecule has 2 aliphatic rings. The van der Waals surface area contributed by atoms with Crippen LogP contribution in [0.1, 0.15) is 37.7 Å². The average Bonchev–Trinajstić information content (AvgIpc) is 3.12. The van der Waals surface area contributed by atoms with Crippen LogP contribution >= 0.6 is 0 Å². The zero-order valence-corrected chi connectivity index (χ0v) is 11.9. The lowest BCUT2D eigenvalue weighted by Gasteiger charge is -2.27. The first-order valence-electron chi connectivity index (χ1n) is 7.39. The molecule has 1 amide bonds. The lowest BCUT2D eigenvalue weighted by molar-refractivity contribution is -0.124. The summed E-state index contributed by atoms with van der Waals surface area (Å²) in [6, 6.07) is 8.46. The first kappa shape index (κ1) is 13.4. The Balaban J connectivity index is 1.68. The molecule has 0 aliphatic heterocycles. The van der Waals surface area contributed by atoms with Crippen LogP contribution in [0.15, 0.2) is 24.3 Å². The van der Waals surface area contributed by atoms with Gasteiger partial charge in [-0.25, -0.2) is 0 Å². The topological polar surface area (TPSA) is 64.3 Å². The maximum absolute atomic E-state index is 11.9. The quantitative estimate of drug-likeness (QED) is 0.862. The Hall–Kier alpha value is -1.55. The molecule has 2 unspecified atom stereocenters. The molecule has 4 nitrogen and oxygen atoms in total. The van der Waals surface area contributed by atoms with E-state index in [0.717, 1.165) is 37.0 Å². The van der Waals surface area contributed by atoms with E-state index < -0.39 is 5.54 Å². The van der Waals surface area contributed by atoms with Crippen LogP contribution < -0.4 is 15.8 Å². The van der Waals surface area contributed by atoms with Crippen LogP contribution in [-0.4, -0.2) is 23.6 Å². The van der Waals surface area contributed by atoms with Crippen LogP contribution in [0.4, 0.5) is 0 Å². The number of amides is 1. The van der Waals surface area contributed by atoms with Gasteiger partial charge >= 0.3 is 0 Å². The molecule has 0 heterocycles. The number of carbonyl (C=O) groups excluding carboxylic acids is 1. The van der Waals surface area contributed by atoms with E-state index in [4.69, 9.17) is 10.5 Å². The summed E-state index contributed by atoms with van der Waals surface area (Å²) >= 11 is 0. The van der Waals surface area contributed by atoms with E-state index in [-0.39, 0.29) is 12.0 Å². The molecule has 0 saturated heterocycles. The van der Waals surface area contributed by atoms with Crippen molar-refractivity contribution in [1.29, 1.82) is 0 Å². The van der Waals surface area contributed by atoms with Crippen molar-refractivity contribution in [1.82, 2.24) is 5.32 Å². The van der Waals surface area contributed by atoms with Crippen molar-refractivity contribution in [2.45, 2.75) is 56.7 Å². The van der Waals surface area contributed by atoms with Crippen LogP contribution in [-0.2, 0) is 4.79 Å². The number of rotatable bonds is 5. The van der Waals surface area contributed by atoms with E-state index in [1.165, 1.54) is 0 Å². The maximum Gasteiger partial charge on any atom is 0.237 e. The number of carbonyl (C=O) groups is 1. The molecule has 1 aromatic rings. The van der Waals surface area contributed by atoms with Crippen molar-refractivity contribution in [3.05, 3.63) is 29.8 Å². The molecule has 2 atom stereocenters. The van der Waals surface area contributed by atoms with Gasteiger partial charge in [0.1, 0.15) is 17.4 Å². The van der Waals surface area contributed by atoms with Gasteiger partial charge in [-0.2, -0.15) is 0 Å². The summed E-state index contributed by atoms with van der Waals surface area (Å²) in [5.41, 5.74) is 6.20. The first-order valence-corrected chi connectivity index (χ1v) is 7.39. The van der Waals surface area contributed by atoms with Gasteiger partial charge in [0, 0.05) is 12.5 Å². The molecule has 0 bridgehead atoms. The van der Waals surface area contributed by atoms with Crippen molar-refractivity contribution in [3.8, 4) is 5.75 Å². The lowest BCUT2D eigenvalue weighted by atomic mass is 9.96. The predicted molar refractivity (Wildman–Crippen MR) is 77.5 cm³/mol. The van der Waals surface area contributed by atoms with Crippen LogP contribution in [0.25, 0.3) is 0 Å². The van der Waals surface area contributed by atoms with Crippen LogP contribution in [0.3, 0.4) is 0 Å². The fraction of sp³-hybridized carbons (Fsp3) is 0.562. The molecule has 1 aromatic carbocycles. The number of benzene rings is 1. The summed E-state index contributed by atoms with van der Waals surface area (Å²) in [6.45, 7) is 2.04. The number of para-hydroxylation sites is 1. The summed E-state index contributed by atoms with van der Waals surface area (Å²) in [5.74, 6) is 0.671. The Morgan fingerprint density at radius 1 is 1.35 bits per heavy atom. The highest BCUT2D eigenvalue weighted by atomic mass is 16.5. The fourth-order valence-electron chi connectivity index (χ4n) is 3.01. The number of hydrogen-bond donors (Lipinski definition) is 2. The molecule has 108 valence electrons. The summed E-state index contributed by atoms with van der Waals surface area (Å²) in [6.07, 6.45) is 4.69. The molecule has 0 radical (unpaired) electrons. The molecule has 0 aromatic heterocycles. The zero-order valence-electron chi connectivity index (χ0n) is 11.9. The third kappa shape index (κ3) is 2.66. The molecular weight excluding hydrogens is 252 g/mol. The Labute approximate surface area is 119 Å². The van der Waals surface area contributed by atoms with Gasteiger partial charge in [0.2, 0.25) is 5.91 Å². The number of primary amides is 1. The number of ether oxygens (including phenoxy) is 1. The summed E-state index contributed by atoms with van der Waals surface area (Å²) in [7, 11) is 0. The highest BCUT2D eigenvalue weighted by Gasteiger charge is 2.47. The Kier molecular flexibility index (Phi) is 3.42. The minimum atomic E-state index is -0.561. The van der Waals surface area contributed by atoms with Gasteiger partial charge < -0.3 is 15.8 Å². The van der Waals surface area contributed by atoms with Gasteiger partial charge in [-0.05, 0) is 44.2 Å². The summed E-state index contributed by atoms with van der Waals surface area (Å²) in [5, 5.41) is 3.44. The SMILES string of the molecule is Cc1ccccc1OC1CCC(NC2CC2)(C(N)=O)C1. The van der Waals surface area contributed by atoms with E-state index >= 15 is 0 Å². The van der Waals surface area contributed by atoms with Gasteiger partial charge in [0.05, 0.1) is 0 Å². The zero-order chi connectivity index (χ0) is 14.2. The Morgan fingerprint density at radius 3 is 2.75 bits per heavy atom. The van der Waals surface area contributed by atoms with Gasteiger partial charge in [0.15, 0.2) is 0 Å². The Bertz CT molecular complexity index is 513. The predicted octanol–water partition coefficient (Wildman–Crippen LogP) is 1.90. The van der Waals surface area contributed by atoms with E-state index in [0.29, 0.717) is 12.5 Å². The number of hydrogen-bond acceptors (Lipinski definition) is 3. The maximum atomic E-state index is 11.9. The van der Waals surface area contributed by atoms with Gasteiger partial charge in [-0.15, -0.1) is 0 Å². The third-order valence-electron chi connectivity index (χ3n) is 4.39. The van der Waals surface area contributed by atoms with Crippen LogP contribution in [0.5, 0.6) is 5.75 Å². The second-order valence-electron chi connectivity index (χ2n) is 6.11. The lowest BCUT2D eigenvalue weighted by Crippen LogP contribution is -2.55. The molecule has 0 spiro atoms. The van der Waals surface area contributed by atoms with Crippen molar-refractivity contribution in [3.63, 3.8) is 0 Å². The second-order valence-corrected chi connectivity index (χ2v) is 6.11. The van der Waals surface area contributed by atoms with Crippen molar-refractivity contribution >= 4 is 5.91 Å². The molecule has 20 heavy (non-hydrogen) atoms. The minimum absolute atomic E-state index is 0.0647. The Morgan fingerprint density at radius 2 is 2.10 bits per heavy atom. The van der Waals surface area contributed by atoms with Crippen LogP contribution in [0.2, 0.25) is 0 Å².